The first-order valence-corrected chi connectivity index (χ1v) is 8.90. The lowest BCUT2D eigenvalue weighted by Crippen LogP contribution is -2.43. The Morgan fingerprint density at radius 2 is 1.78 bits per heavy atom. The van der Waals surface area contributed by atoms with Gasteiger partial charge < -0.3 is 10.2 Å². The first-order chi connectivity index (χ1) is 13.0. The van der Waals surface area contributed by atoms with Gasteiger partial charge in [-0.15, -0.1) is 0 Å². The van der Waals surface area contributed by atoms with Crippen molar-refractivity contribution in [2.75, 3.05) is 19.6 Å². The van der Waals surface area contributed by atoms with Crippen molar-refractivity contribution in [1.29, 1.82) is 0 Å². The van der Waals surface area contributed by atoms with E-state index in [0.29, 0.717) is 19.0 Å². The third-order valence-corrected chi connectivity index (χ3v) is 4.84. The van der Waals surface area contributed by atoms with Gasteiger partial charge in [0.15, 0.2) is 0 Å². The molecule has 3 rings (SSSR count). The van der Waals surface area contributed by atoms with E-state index in [1.165, 1.54) is 29.8 Å². The minimum atomic E-state index is -0.557. The van der Waals surface area contributed by atoms with Gasteiger partial charge in [0.05, 0.1) is 11.5 Å². The Morgan fingerprint density at radius 1 is 1.07 bits per heavy atom. The lowest BCUT2D eigenvalue weighted by atomic mass is 9.89. The molecule has 140 valence electrons. The van der Waals surface area contributed by atoms with Crippen molar-refractivity contribution in [3.8, 4) is 0 Å². The standard InChI is InChI=1S/C20H21N3O4/c24-19(14-21-20(25)17-7-4-8-18(13-17)23(26)27)22-11-9-16(10-12-22)15-5-2-1-3-6-15/h1-8,13,16H,9-12,14H2,(H,21,25). The Kier molecular flexibility index (Phi) is 5.80. The topological polar surface area (TPSA) is 92.6 Å². The Hall–Kier alpha value is -3.22. The highest BCUT2D eigenvalue weighted by Crippen LogP contribution is 2.27. The molecule has 0 saturated carbocycles. The largest absolute Gasteiger partial charge is 0.343 e. The first kappa shape index (κ1) is 18.6. The van der Waals surface area contributed by atoms with Crippen LogP contribution in [0.15, 0.2) is 54.6 Å². The summed E-state index contributed by atoms with van der Waals surface area (Å²) in [5, 5.41) is 13.3. The molecular formula is C20H21N3O4. The van der Waals surface area contributed by atoms with Crippen molar-refractivity contribution in [3.63, 3.8) is 0 Å². The van der Waals surface area contributed by atoms with Gasteiger partial charge in [0.2, 0.25) is 5.91 Å². The Balaban J connectivity index is 1.49. The predicted molar refractivity (Wildman–Crippen MR) is 100 cm³/mol. The number of carbonyl (C=O) groups excluding carboxylic acids is 2. The second-order valence-corrected chi connectivity index (χ2v) is 6.56. The number of hydrogen-bond donors (Lipinski definition) is 1. The quantitative estimate of drug-likeness (QED) is 0.650. The lowest BCUT2D eigenvalue weighted by Gasteiger charge is -2.32. The van der Waals surface area contributed by atoms with Gasteiger partial charge in [0, 0.05) is 30.8 Å². The van der Waals surface area contributed by atoms with Gasteiger partial charge in [-0.2, -0.15) is 0 Å². The van der Waals surface area contributed by atoms with Crippen LogP contribution < -0.4 is 5.32 Å². The number of nitrogens with one attached hydrogen (secondary N) is 1. The van der Waals surface area contributed by atoms with E-state index in [1.54, 1.807) is 4.90 Å². The van der Waals surface area contributed by atoms with Gasteiger partial charge in [-0.05, 0) is 30.4 Å². The zero-order chi connectivity index (χ0) is 19.2. The Morgan fingerprint density at radius 3 is 2.44 bits per heavy atom. The zero-order valence-electron chi connectivity index (χ0n) is 14.8. The van der Waals surface area contributed by atoms with Gasteiger partial charge >= 0.3 is 0 Å². The molecule has 1 aliphatic heterocycles. The molecule has 1 fully saturated rings. The number of non-ortho nitro benzene ring substituents is 1. The Labute approximate surface area is 157 Å². The van der Waals surface area contributed by atoms with Crippen LogP contribution in [0.5, 0.6) is 0 Å². The van der Waals surface area contributed by atoms with Crippen molar-refractivity contribution in [2.24, 2.45) is 0 Å². The highest BCUT2D eigenvalue weighted by atomic mass is 16.6. The number of nitro benzene ring substituents is 1. The highest BCUT2D eigenvalue weighted by molar-refractivity contribution is 5.96. The number of nitrogens with zero attached hydrogens (tertiary/aromatic N) is 2. The van der Waals surface area contributed by atoms with Gasteiger partial charge in [-0.25, -0.2) is 0 Å². The third-order valence-electron chi connectivity index (χ3n) is 4.84. The number of carbonyl (C=O) groups is 2. The maximum Gasteiger partial charge on any atom is 0.270 e. The van der Waals surface area contributed by atoms with Crippen LogP contribution in [0.3, 0.4) is 0 Å². The summed E-state index contributed by atoms with van der Waals surface area (Å²) in [7, 11) is 0. The van der Waals surface area contributed by atoms with Crippen LogP contribution in [0.1, 0.15) is 34.7 Å². The predicted octanol–water partition coefficient (Wildman–Crippen LogP) is 2.73. The number of piperidine rings is 1. The maximum absolute atomic E-state index is 12.4. The van der Waals surface area contributed by atoms with Crippen LogP contribution in [-0.4, -0.2) is 41.3 Å². The number of nitro groups is 1. The van der Waals surface area contributed by atoms with Crippen LogP contribution in [0.4, 0.5) is 5.69 Å². The molecule has 1 heterocycles. The van der Waals surface area contributed by atoms with Crippen LogP contribution in [0, 0.1) is 10.1 Å². The van der Waals surface area contributed by atoms with E-state index in [9.17, 15) is 19.7 Å². The molecule has 0 atom stereocenters. The molecule has 0 aliphatic carbocycles. The summed E-state index contributed by atoms with van der Waals surface area (Å²) in [5.41, 5.74) is 1.31. The van der Waals surface area contributed by atoms with E-state index in [1.807, 2.05) is 18.2 Å². The minimum absolute atomic E-state index is 0.114. The molecule has 2 amide bonds. The molecule has 1 saturated heterocycles. The van der Waals surface area contributed by atoms with Gasteiger partial charge in [0.1, 0.15) is 0 Å². The monoisotopic (exact) mass is 367 g/mol. The second-order valence-electron chi connectivity index (χ2n) is 6.56. The van der Waals surface area contributed by atoms with E-state index in [2.05, 4.69) is 17.4 Å². The first-order valence-electron chi connectivity index (χ1n) is 8.90. The molecule has 2 aromatic carbocycles. The molecule has 2 aromatic rings. The number of likely N-dealkylation sites (tertiary alicyclic amines) is 1. The molecule has 0 bridgehead atoms. The maximum atomic E-state index is 12.4. The molecule has 0 spiro atoms. The molecule has 7 nitrogen and oxygen atoms in total. The van der Waals surface area contributed by atoms with Crippen molar-refractivity contribution in [1.82, 2.24) is 10.2 Å². The van der Waals surface area contributed by atoms with Crippen molar-refractivity contribution < 1.29 is 14.5 Å². The SMILES string of the molecule is O=C(NCC(=O)N1CCC(c2ccccc2)CC1)c1cccc([N+](=O)[O-])c1. The van der Waals surface area contributed by atoms with E-state index in [4.69, 9.17) is 0 Å². The minimum Gasteiger partial charge on any atom is -0.343 e. The fourth-order valence-electron chi connectivity index (χ4n) is 3.32. The molecule has 0 radical (unpaired) electrons. The lowest BCUT2D eigenvalue weighted by molar-refractivity contribution is -0.384. The molecule has 1 aliphatic rings. The number of amides is 2. The summed E-state index contributed by atoms with van der Waals surface area (Å²) < 4.78 is 0. The van der Waals surface area contributed by atoms with Crippen LogP contribution in [0.2, 0.25) is 0 Å². The molecule has 7 heteroatoms. The molecule has 0 unspecified atom stereocenters. The zero-order valence-corrected chi connectivity index (χ0v) is 14.8. The fourth-order valence-corrected chi connectivity index (χ4v) is 3.32. The van der Waals surface area contributed by atoms with E-state index < -0.39 is 10.8 Å². The van der Waals surface area contributed by atoms with Crippen molar-refractivity contribution >= 4 is 17.5 Å². The highest BCUT2D eigenvalue weighted by Gasteiger charge is 2.24. The fraction of sp³-hybridized carbons (Fsp3) is 0.300. The van der Waals surface area contributed by atoms with Gasteiger partial charge in [0.25, 0.3) is 11.6 Å². The average molecular weight is 367 g/mol. The average Bonchev–Trinajstić information content (AvgIpc) is 2.72. The van der Waals surface area contributed by atoms with Crippen molar-refractivity contribution in [2.45, 2.75) is 18.8 Å². The summed E-state index contributed by atoms with van der Waals surface area (Å²) >= 11 is 0. The van der Waals surface area contributed by atoms with Crippen LogP contribution in [0.25, 0.3) is 0 Å². The normalized spacial score (nSPS) is 14.6. The molecule has 27 heavy (non-hydrogen) atoms. The summed E-state index contributed by atoms with van der Waals surface area (Å²) in [6.45, 7) is 1.20. The molecule has 1 N–H and O–H groups in total. The smallest absolute Gasteiger partial charge is 0.270 e. The van der Waals surface area contributed by atoms with Crippen LogP contribution >= 0.6 is 0 Å². The second kappa shape index (κ2) is 8.44. The number of hydrogen-bond acceptors (Lipinski definition) is 4. The molecular weight excluding hydrogens is 346 g/mol. The summed E-state index contributed by atoms with van der Waals surface area (Å²) in [6, 6.07) is 15.7. The summed E-state index contributed by atoms with van der Waals surface area (Å²) in [4.78, 5) is 36.5. The van der Waals surface area contributed by atoms with Crippen molar-refractivity contribution in [3.05, 3.63) is 75.8 Å². The molecule has 0 aromatic heterocycles. The van der Waals surface area contributed by atoms with E-state index in [-0.39, 0.29) is 23.7 Å². The van der Waals surface area contributed by atoms with Gasteiger partial charge in [-0.3, -0.25) is 19.7 Å². The Bertz CT molecular complexity index is 830. The number of benzene rings is 2. The third kappa shape index (κ3) is 4.69. The summed E-state index contributed by atoms with van der Waals surface area (Å²) in [6.07, 6.45) is 1.79. The summed E-state index contributed by atoms with van der Waals surface area (Å²) in [5.74, 6) is -0.179. The van der Waals surface area contributed by atoms with Gasteiger partial charge in [-0.1, -0.05) is 36.4 Å². The van der Waals surface area contributed by atoms with Crippen LogP contribution in [-0.2, 0) is 4.79 Å². The van der Waals surface area contributed by atoms with E-state index >= 15 is 0 Å². The number of rotatable bonds is 5. The van der Waals surface area contributed by atoms with E-state index in [0.717, 1.165) is 12.8 Å².